The summed E-state index contributed by atoms with van der Waals surface area (Å²) in [5.41, 5.74) is 10.2. The summed E-state index contributed by atoms with van der Waals surface area (Å²) in [5, 5.41) is 5.02. The van der Waals surface area contributed by atoms with Crippen molar-refractivity contribution < 1.29 is 0 Å². The summed E-state index contributed by atoms with van der Waals surface area (Å²) in [4.78, 5) is 15.4. The Balaban J connectivity index is 1.08. The molecule has 0 spiro atoms. The van der Waals surface area contributed by atoms with Crippen LogP contribution in [-0.2, 0) is 0 Å². The van der Waals surface area contributed by atoms with E-state index < -0.39 is 0 Å². The highest BCUT2D eigenvalue weighted by Gasteiger charge is 2.19. The Kier molecular flexibility index (Phi) is 7.87. The second-order valence-corrected chi connectivity index (χ2v) is 16.0. The standard InChI is InChI=1S/C51H31N3S2/c1-4-14-32(15-5-1)37-30-43(48-44(31-37)41-23-12-21-38(46(41)56-48)33-16-6-2-7-17-33)34-26-28-36(29-27-34)50-52-49(35-18-8-3-9-19-35)53-51(54-50)42-24-13-22-40-39-20-10-11-25-45(39)55-47(40)42/h1-31H. The molecule has 3 nitrogen and oxygen atoms in total. The number of hydrogen-bond acceptors (Lipinski definition) is 5. The molecule has 262 valence electrons. The second-order valence-electron chi connectivity index (χ2n) is 13.9. The summed E-state index contributed by atoms with van der Waals surface area (Å²) in [6.45, 7) is 0. The highest BCUT2D eigenvalue weighted by atomic mass is 32.1. The van der Waals surface area contributed by atoms with Crippen LogP contribution in [0.3, 0.4) is 0 Å². The first-order valence-corrected chi connectivity index (χ1v) is 20.3. The molecule has 0 saturated heterocycles. The zero-order valence-electron chi connectivity index (χ0n) is 30.1. The molecule has 0 fully saturated rings. The minimum Gasteiger partial charge on any atom is -0.208 e. The smallest absolute Gasteiger partial charge is 0.165 e. The molecular weight excluding hydrogens is 719 g/mol. The van der Waals surface area contributed by atoms with Crippen molar-refractivity contribution in [2.24, 2.45) is 0 Å². The highest BCUT2D eigenvalue weighted by molar-refractivity contribution is 7.27. The summed E-state index contributed by atoms with van der Waals surface area (Å²) in [7, 11) is 0. The third-order valence-electron chi connectivity index (χ3n) is 10.6. The zero-order chi connectivity index (χ0) is 37.0. The lowest BCUT2D eigenvalue weighted by atomic mass is 9.95. The summed E-state index contributed by atoms with van der Waals surface area (Å²) < 4.78 is 5.02. The molecule has 0 bridgehead atoms. The Hall–Kier alpha value is -6.79. The van der Waals surface area contributed by atoms with Gasteiger partial charge in [-0.3, -0.25) is 0 Å². The first-order valence-electron chi connectivity index (χ1n) is 18.7. The fraction of sp³-hybridized carbons (Fsp3) is 0. The number of thiophene rings is 2. The minimum atomic E-state index is 0.649. The molecule has 8 aromatic carbocycles. The molecule has 11 rings (SSSR count). The predicted octanol–water partition coefficient (Wildman–Crippen LogP) is 14.6. The highest BCUT2D eigenvalue weighted by Crippen LogP contribution is 2.46. The number of benzene rings is 8. The van der Waals surface area contributed by atoms with E-state index in [1.54, 1.807) is 11.3 Å². The van der Waals surface area contributed by atoms with Gasteiger partial charge < -0.3 is 0 Å². The van der Waals surface area contributed by atoms with E-state index in [9.17, 15) is 0 Å². The summed E-state index contributed by atoms with van der Waals surface area (Å²) in [5.74, 6) is 1.98. The minimum absolute atomic E-state index is 0.649. The maximum absolute atomic E-state index is 5.18. The van der Waals surface area contributed by atoms with Gasteiger partial charge in [-0.05, 0) is 52.1 Å². The van der Waals surface area contributed by atoms with E-state index in [4.69, 9.17) is 15.0 Å². The fourth-order valence-electron chi connectivity index (χ4n) is 7.82. The lowest BCUT2D eigenvalue weighted by Gasteiger charge is -2.11. The topological polar surface area (TPSA) is 38.7 Å². The number of rotatable bonds is 6. The van der Waals surface area contributed by atoms with Gasteiger partial charge in [-0.15, -0.1) is 22.7 Å². The van der Waals surface area contributed by atoms with Gasteiger partial charge in [-0.1, -0.05) is 164 Å². The van der Waals surface area contributed by atoms with Crippen LogP contribution in [0.1, 0.15) is 0 Å². The fourth-order valence-corrected chi connectivity index (χ4v) is 10.4. The third kappa shape index (κ3) is 5.60. The van der Waals surface area contributed by atoms with Crippen LogP contribution in [-0.4, -0.2) is 15.0 Å². The van der Waals surface area contributed by atoms with Crippen molar-refractivity contribution in [1.82, 2.24) is 15.0 Å². The van der Waals surface area contributed by atoms with Crippen LogP contribution >= 0.6 is 22.7 Å². The molecule has 0 saturated carbocycles. The van der Waals surface area contributed by atoms with Crippen LogP contribution in [0.2, 0.25) is 0 Å². The Morgan fingerprint density at radius 3 is 1.46 bits per heavy atom. The largest absolute Gasteiger partial charge is 0.208 e. The Morgan fingerprint density at radius 2 is 0.750 bits per heavy atom. The average molecular weight is 750 g/mol. The summed E-state index contributed by atoms with van der Waals surface area (Å²) in [6.07, 6.45) is 0. The number of aromatic nitrogens is 3. The lowest BCUT2D eigenvalue weighted by molar-refractivity contribution is 1.08. The Morgan fingerprint density at radius 1 is 0.268 bits per heavy atom. The molecule has 11 aromatic rings. The average Bonchev–Trinajstić information content (AvgIpc) is 3.86. The van der Waals surface area contributed by atoms with Crippen LogP contribution in [0.5, 0.6) is 0 Å². The molecule has 5 heteroatoms. The van der Waals surface area contributed by atoms with Crippen molar-refractivity contribution in [2.45, 2.75) is 0 Å². The van der Waals surface area contributed by atoms with Gasteiger partial charge in [0, 0.05) is 62.6 Å². The van der Waals surface area contributed by atoms with Crippen LogP contribution in [0.4, 0.5) is 0 Å². The van der Waals surface area contributed by atoms with Crippen LogP contribution in [0, 0.1) is 0 Å². The van der Waals surface area contributed by atoms with E-state index in [-0.39, 0.29) is 0 Å². The predicted molar refractivity (Wildman–Crippen MR) is 238 cm³/mol. The third-order valence-corrected chi connectivity index (χ3v) is 13.1. The number of nitrogens with zero attached hydrogens (tertiary/aromatic N) is 3. The molecule has 0 atom stereocenters. The quantitative estimate of drug-likeness (QED) is 0.170. The van der Waals surface area contributed by atoms with Gasteiger partial charge in [-0.25, -0.2) is 15.0 Å². The maximum atomic E-state index is 5.18. The van der Waals surface area contributed by atoms with Crippen molar-refractivity contribution in [3.05, 3.63) is 188 Å². The van der Waals surface area contributed by atoms with Crippen molar-refractivity contribution >= 4 is 63.0 Å². The van der Waals surface area contributed by atoms with E-state index in [1.165, 1.54) is 68.2 Å². The number of hydrogen-bond donors (Lipinski definition) is 0. The zero-order valence-corrected chi connectivity index (χ0v) is 31.7. The normalized spacial score (nSPS) is 11.6. The van der Waals surface area contributed by atoms with Crippen LogP contribution < -0.4 is 0 Å². The second kappa shape index (κ2) is 13.5. The molecule has 3 aromatic heterocycles. The van der Waals surface area contributed by atoms with Gasteiger partial charge in [0.15, 0.2) is 17.5 Å². The molecule has 0 unspecified atom stereocenters. The van der Waals surface area contributed by atoms with E-state index in [0.717, 1.165) is 22.3 Å². The van der Waals surface area contributed by atoms with Gasteiger partial charge in [0.25, 0.3) is 0 Å². The molecule has 3 heterocycles. The molecule has 0 radical (unpaired) electrons. The summed E-state index contributed by atoms with van der Waals surface area (Å²) >= 11 is 3.67. The van der Waals surface area contributed by atoms with Crippen molar-refractivity contribution in [2.75, 3.05) is 0 Å². The lowest BCUT2D eigenvalue weighted by Crippen LogP contribution is -2.00. The van der Waals surface area contributed by atoms with E-state index >= 15 is 0 Å². The maximum Gasteiger partial charge on any atom is 0.165 e. The van der Waals surface area contributed by atoms with E-state index in [1.807, 2.05) is 29.5 Å². The molecule has 0 N–H and O–H groups in total. The van der Waals surface area contributed by atoms with Crippen molar-refractivity contribution in [3.63, 3.8) is 0 Å². The van der Waals surface area contributed by atoms with Gasteiger partial charge >= 0.3 is 0 Å². The first-order chi connectivity index (χ1) is 27.7. The number of fused-ring (bicyclic) bond motifs is 6. The van der Waals surface area contributed by atoms with Gasteiger partial charge in [0.05, 0.1) is 0 Å². The molecule has 0 aliphatic carbocycles. The Labute approximate surface area is 331 Å². The van der Waals surface area contributed by atoms with Gasteiger partial charge in [0.2, 0.25) is 0 Å². The van der Waals surface area contributed by atoms with E-state index in [0.29, 0.717) is 17.5 Å². The molecule has 56 heavy (non-hydrogen) atoms. The van der Waals surface area contributed by atoms with E-state index in [2.05, 4.69) is 170 Å². The van der Waals surface area contributed by atoms with Gasteiger partial charge in [0.1, 0.15) is 0 Å². The molecule has 0 amide bonds. The van der Waals surface area contributed by atoms with Crippen molar-refractivity contribution in [3.8, 4) is 67.5 Å². The summed E-state index contributed by atoms with van der Waals surface area (Å²) in [6, 6.07) is 66.8. The molecule has 0 aliphatic heterocycles. The van der Waals surface area contributed by atoms with Crippen LogP contribution in [0.15, 0.2) is 188 Å². The monoisotopic (exact) mass is 749 g/mol. The molecule has 0 aliphatic rings. The SMILES string of the molecule is c1ccc(-c2cc(-c3ccc(-c4nc(-c5ccccc5)nc(-c5cccc6c5sc5ccccc56)n4)cc3)c3sc4c(-c5ccccc5)cccc4c3c2)cc1. The first kappa shape index (κ1) is 32.6. The van der Waals surface area contributed by atoms with Crippen LogP contribution in [0.25, 0.3) is 108 Å². The molecular formula is C51H31N3S2. The van der Waals surface area contributed by atoms with Gasteiger partial charge in [-0.2, -0.15) is 0 Å². The Bertz CT molecular complexity index is 3220. The van der Waals surface area contributed by atoms with Crippen molar-refractivity contribution in [1.29, 1.82) is 0 Å².